The van der Waals surface area contributed by atoms with Gasteiger partial charge in [-0.15, -0.1) is 11.3 Å². The lowest BCUT2D eigenvalue weighted by atomic mass is 9.96. The Labute approximate surface area is 218 Å². The van der Waals surface area contributed by atoms with Crippen molar-refractivity contribution in [3.63, 3.8) is 0 Å². The summed E-state index contributed by atoms with van der Waals surface area (Å²) in [5.41, 5.74) is 9.32. The summed E-state index contributed by atoms with van der Waals surface area (Å²) in [5.74, 6) is -0.186. The Morgan fingerprint density at radius 1 is 0.757 bits per heavy atom. The van der Waals surface area contributed by atoms with Crippen LogP contribution in [0.2, 0.25) is 0 Å². The molecule has 0 saturated carbocycles. The maximum absolute atomic E-state index is 15.7. The van der Waals surface area contributed by atoms with Crippen LogP contribution in [0.5, 0.6) is 0 Å². The van der Waals surface area contributed by atoms with E-state index in [1.165, 1.54) is 27.5 Å². The topological polar surface area (TPSA) is 8.81 Å². The predicted molar refractivity (Wildman–Crippen MR) is 154 cm³/mol. The number of hydrogen-bond donors (Lipinski definition) is 0. The third kappa shape index (κ3) is 3.12. The molecule has 7 rings (SSSR count). The Kier molecular flexibility index (Phi) is 4.79. The molecule has 7 aromatic rings. The first-order valence-electron chi connectivity index (χ1n) is 12.5. The highest BCUT2D eigenvalue weighted by Gasteiger charge is 2.26. The van der Waals surface area contributed by atoms with Crippen molar-refractivity contribution < 1.29 is 8.96 Å². The van der Waals surface area contributed by atoms with Crippen LogP contribution in [0.1, 0.15) is 16.7 Å². The molecule has 0 unspecified atom stereocenters. The second kappa shape index (κ2) is 7.99. The zero-order chi connectivity index (χ0) is 25.4. The highest BCUT2D eigenvalue weighted by Crippen LogP contribution is 2.44. The molecule has 0 fully saturated rings. The van der Waals surface area contributed by atoms with Crippen LogP contribution in [0, 0.1) is 26.6 Å². The van der Waals surface area contributed by atoms with Crippen LogP contribution >= 0.6 is 11.3 Å². The number of hydrogen-bond acceptors (Lipinski definition) is 1. The summed E-state index contributed by atoms with van der Waals surface area (Å²) in [5, 5.41) is 4.11. The first-order chi connectivity index (χ1) is 17.9. The van der Waals surface area contributed by atoms with Crippen LogP contribution in [-0.4, -0.2) is 4.57 Å². The van der Waals surface area contributed by atoms with Gasteiger partial charge in [-0.25, -0.2) is 0 Å². The van der Waals surface area contributed by atoms with Gasteiger partial charge in [-0.2, -0.15) is 8.96 Å². The normalized spacial score (nSPS) is 11.9. The minimum atomic E-state index is -0.186. The van der Waals surface area contributed by atoms with Gasteiger partial charge in [0, 0.05) is 21.5 Å². The molecule has 3 aromatic heterocycles. The Bertz CT molecular complexity index is 1990. The molecule has 0 spiro atoms. The molecule has 4 aromatic carbocycles. The van der Waals surface area contributed by atoms with E-state index in [9.17, 15) is 0 Å². The smallest absolute Gasteiger partial charge is 0.230 e. The lowest BCUT2D eigenvalue weighted by molar-refractivity contribution is -0.660. The molecular weight excluding hydrogens is 475 g/mol. The highest BCUT2D eigenvalue weighted by molar-refractivity contribution is 7.26. The molecule has 0 amide bonds. The molecule has 0 saturated heterocycles. The minimum absolute atomic E-state index is 0.186. The highest BCUT2D eigenvalue weighted by atomic mass is 32.1. The number of halogens is 1. The second-order valence-electron chi connectivity index (χ2n) is 10.0. The molecule has 0 aliphatic rings. The zero-order valence-corrected chi connectivity index (χ0v) is 22.1. The molecule has 0 aliphatic carbocycles. The lowest BCUT2D eigenvalue weighted by Crippen LogP contribution is -2.31. The van der Waals surface area contributed by atoms with E-state index in [0.717, 1.165) is 42.8 Å². The fourth-order valence-electron chi connectivity index (χ4n) is 5.92. The second-order valence-corrected chi connectivity index (χ2v) is 11.0. The molecule has 0 N–H and O–H groups in total. The molecule has 0 atom stereocenters. The van der Waals surface area contributed by atoms with Gasteiger partial charge in [-0.3, -0.25) is 0 Å². The number of fused-ring (bicyclic) bond motifs is 6. The molecule has 4 heteroatoms. The van der Waals surface area contributed by atoms with Crippen molar-refractivity contribution in [1.82, 2.24) is 4.57 Å². The average molecular weight is 502 g/mol. The van der Waals surface area contributed by atoms with Gasteiger partial charge in [0.1, 0.15) is 11.7 Å². The number of para-hydroxylation sites is 2. The third-order valence-corrected chi connectivity index (χ3v) is 8.93. The van der Waals surface area contributed by atoms with Gasteiger partial charge in [0.25, 0.3) is 0 Å². The van der Waals surface area contributed by atoms with Crippen molar-refractivity contribution in [2.24, 2.45) is 7.05 Å². The first kappa shape index (κ1) is 22.2. The minimum Gasteiger partial charge on any atom is -0.308 e. The number of aryl methyl sites for hydroxylation is 3. The van der Waals surface area contributed by atoms with Crippen LogP contribution in [0.4, 0.5) is 4.39 Å². The van der Waals surface area contributed by atoms with E-state index in [4.69, 9.17) is 0 Å². The van der Waals surface area contributed by atoms with Gasteiger partial charge in [0.05, 0.1) is 27.0 Å². The van der Waals surface area contributed by atoms with Crippen molar-refractivity contribution in [3.05, 3.63) is 108 Å². The van der Waals surface area contributed by atoms with Crippen LogP contribution < -0.4 is 4.57 Å². The van der Waals surface area contributed by atoms with Gasteiger partial charge >= 0.3 is 0 Å². The third-order valence-electron chi connectivity index (χ3n) is 7.70. The summed E-state index contributed by atoms with van der Waals surface area (Å²) in [4.78, 5) is 0. The van der Waals surface area contributed by atoms with E-state index in [1.807, 2.05) is 11.6 Å². The van der Waals surface area contributed by atoms with Gasteiger partial charge in [0.2, 0.25) is 11.9 Å². The summed E-state index contributed by atoms with van der Waals surface area (Å²) in [6.45, 7) is 6.44. The summed E-state index contributed by atoms with van der Waals surface area (Å²) >= 11 is 1.69. The largest absolute Gasteiger partial charge is 0.308 e. The molecule has 3 heterocycles. The quantitative estimate of drug-likeness (QED) is 0.210. The predicted octanol–water partition coefficient (Wildman–Crippen LogP) is 8.71. The molecule has 0 aliphatic heterocycles. The first-order valence-corrected chi connectivity index (χ1v) is 13.4. The molecular formula is C33H26FN2S+. The summed E-state index contributed by atoms with van der Waals surface area (Å²) in [6, 6.07) is 27.8. The Hall–Kier alpha value is -4.02. The van der Waals surface area contributed by atoms with E-state index in [2.05, 4.69) is 104 Å². The Balaban J connectivity index is 1.64. The van der Waals surface area contributed by atoms with Crippen molar-refractivity contribution in [2.75, 3.05) is 0 Å². The van der Waals surface area contributed by atoms with Crippen LogP contribution in [0.15, 0.2) is 85.1 Å². The fourth-order valence-corrected chi connectivity index (χ4v) is 7.33. The van der Waals surface area contributed by atoms with Crippen molar-refractivity contribution in [1.29, 1.82) is 0 Å². The Morgan fingerprint density at radius 3 is 2.11 bits per heavy atom. The summed E-state index contributed by atoms with van der Waals surface area (Å²) in [6.07, 6.45) is 1.63. The van der Waals surface area contributed by atoms with E-state index in [1.54, 1.807) is 17.5 Å². The van der Waals surface area contributed by atoms with E-state index >= 15 is 4.39 Å². The van der Waals surface area contributed by atoms with Crippen molar-refractivity contribution in [3.8, 4) is 16.9 Å². The number of pyridine rings is 1. The number of rotatable bonds is 2. The summed E-state index contributed by atoms with van der Waals surface area (Å²) in [7, 11) is 1.95. The standard InChI is InChI=1S/C33H26FN2S/c1-19-16-20(2)21(3)25(17-19)31-33-30(26(34)18-35(31)4)24-12-9-15-29(32(24)37-33)36-27-13-7-5-10-22(27)23-11-6-8-14-28(23)36/h5-18H,1-4H3/q+1. The lowest BCUT2D eigenvalue weighted by Gasteiger charge is -2.10. The maximum atomic E-state index is 15.7. The maximum Gasteiger partial charge on any atom is 0.230 e. The molecule has 2 nitrogen and oxygen atoms in total. The Morgan fingerprint density at radius 2 is 1.41 bits per heavy atom. The van der Waals surface area contributed by atoms with Crippen molar-refractivity contribution in [2.45, 2.75) is 20.8 Å². The average Bonchev–Trinajstić information content (AvgIpc) is 3.43. The van der Waals surface area contributed by atoms with E-state index in [-0.39, 0.29) is 5.82 Å². The summed E-state index contributed by atoms with van der Waals surface area (Å²) < 4.78 is 22.1. The van der Waals surface area contributed by atoms with Crippen LogP contribution in [0.25, 0.3) is 58.9 Å². The van der Waals surface area contributed by atoms with Gasteiger partial charge in [-0.05, 0) is 56.2 Å². The zero-order valence-electron chi connectivity index (χ0n) is 21.3. The number of benzene rings is 4. The van der Waals surface area contributed by atoms with Crippen molar-refractivity contribution >= 4 is 53.3 Å². The van der Waals surface area contributed by atoms with E-state index < -0.39 is 0 Å². The van der Waals surface area contributed by atoms with E-state index in [0.29, 0.717) is 5.39 Å². The molecule has 0 radical (unpaired) electrons. The number of thiophene rings is 1. The molecule has 0 bridgehead atoms. The van der Waals surface area contributed by atoms with Gasteiger partial charge in [-0.1, -0.05) is 60.2 Å². The number of aromatic nitrogens is 2. The molecule has 180 valence electrons. The van der Waals surface area contributed by atoms with Gasteiger partial charge in [0.15, 0.2) is 5.82 Å². The van der Waals surface area contributed by atoms with Gasteiger partial charge < -0.3 is 4.57 Å². The fraction of sp³-hybridized carbons (Fsp3) is 0.121. The molecule has 37 heavy (non-hydrogen) atoms. The monoisotopic (exact) mass is 501 g/mol. The van der Waals surface area contributed by atoms with Crippen LogP contribution in [-0.2, 0) is 7.05 Å². The SMILES string of the molecule is Cc1cc(C)c(C)c(-c2c3sc4c(-n5c6ccccc6c6ccccc65)cccc4c3c(F)c[n+]2C)c1. The number of nitrogens with zero attached hydrogens (tertiary/aromatic N) is 2. The van der Waals surface area contributed by atoms with Crippen LogP contribution in [0.3, 0.4) is 0 Å².